The topological polar surface area (TPSA) is 59.0 Å². The number of ether oxygens (including phenoxy) is 2. The Morgan fingerprint density at radius 2 is 1.97 bits per heavy atom. The Balaban J connectivity index is 0.00000300. The molecule has 6 nitrogen and oxygen atoms in total. The highest BCUT2D eigenvalue weighted by Crippen LogP contribution is 2.33. The Kier molecular flexibility index (Phi) is 9.48. The number of hydrogen-bond donors (Lipinski definition) is 1. The molecule has 1 fully saturated rings. The van der Waals surface area contributed by atoms with Gasteiger partial charge in [-0.1, -0.05) is 6.92 Å². The standard InChI is InChI=1S/C21H30N4O2S.HI/c1-5-20-24-17(14-28-20)12-23-21(22-6-2)25-8-7-15(13-25)16-9-18(26-3)11-19(10-16)27-4;/h9-11,14-15H,5-8,12-13H2,1-4H3,(H,22,23);1H. The second kappa shape index (κ2) is 11.6. The maximum atomic E-state index is 5.43. The molecule has 0 radical (unpaired) electrons. The van der Waals surface area contributed by atoms with Crippen molar-refractivity contribution in [1.82, 2.24) is 15.2 Å². The van der Waals surface area contributed by atoms with Crippen LogP contribution in [0.4, 0.5) is 0 Å². The van der Waals surface area contributed by atoms with Crippen molar-refractivity contribution in [3.8, 4) is 11.5 Å². The Morgan fingerprint density at radius 1 is 1.24 bits per heavy atom. The summed E-state index contributed by atoms with van der Waals surface area (Å²) in [7, 11) is 3.38. The van der Waals surface area contributed by atoms with E-state index in [-0.39, 0.29) is 24.0 Å². The maximum Gasteiger partial charge on any atom is 0.194 e. The van der Waals surface area contributed by atoms with Gasteiger partial charge in [-0.15, -0.1) is 35.3 Å². The van der Waals surface area contributed by atoms with Crippen molar-refractivity contribution < 1.29 is 9.47 Å². The third kappa shape index (κ3) is 6.21. The van der Waals surface area contributed by atoms with Crippen LogP contribution in [0.15, 0.2) is 28.6 Å². The first-order valence-electron chi connectivity index (χ1n) is 9.86. The predicted octanol–water partition coefficient (Wildman–Crippen LogP) is 4.30. The lowest BCUT2D eigenvalue weighted by atomic mass is 9.98. The molecule has 1 N–H and O–H groups in total. The molecule has 2 heterocycles. The lowest BCUT2D eigenvalue weighted by Gasteiger charge is -2.22. The molecular formula is C21H31IN4O2S. The number of nitrogens with zero attached hydrogens (tertiary/aromatic N) is 3. The van der Waals surface area contributed by atoms with Crippen LogP contribution in [0.5, 0.6) is 11.5 Å². The van der Waals surface area contributed by atoms with Gasteiger partial charge >= 0.3 is 0 Å². The molecule has 1 unspecified atom stereocenters. The summed E-state index contributed by atoms with van der Waals surface area (Å²) in [5.41, 5.74) is 2.30. The van der Waals surface area contributed by atoms with E-state index in [0.29, 0.717) is 12.5 Å². The van der Waals surface area contributed by atoms with Crippen molar-refractivity contribution in [1.29, 1.82) is 0 Å². The maximum absolute atomic E-state index is 5.43. The van der Waals surface area contributed by atoms with Crippen molar-refractivity contribution in [2.45, 2.75) is 39.2 Å². The predicted molar refractivity (Wildman–Crippen MR) is 130 cm³/mol. The van der Waals surface area contributed by atoms with Gasteiger partial charge < -0.3 is 19.7 Å². The highest BCUT2D eigenvalue weighted by molar-refractivity contribution is 14.0. The van der Waals surface area contributed by atoms with Gasteiger partial charge in [-0.3, -0.25) is 0 Å². The number of methoxy groups -OCH3 is 2. The van der Waals surface area contributed by atoms with Gasteiger partial charge in [-0.2, -0.15) is 0 Å². The van der Waals surface area contributed by atoms with Gasteiger partial charge in [-0.05, 0) is 37.5 Å². The van der Waals surface area contributed by atoms with Crippen molar-refractivity contribution in [3.63, 3.8) is 0 Å². The van der Waals surface area contributed by atoms with E-state index in [1.165, 1.54) is 10.6 Å². The number of halogens is 1. The Labute approximate surface area is 194 Å². The monoisotopic (exact) mass is 530 g/mol. The Morgan fingerprint density at radius 3 is 2.55 bits per heavy atom. The summed E-state index contributed by atoms with van der Waals surface area (Å²) in [6.45, 7) is 7.62. The zero-order valence-electron chi connectivity index (χ0n) is 17.6. The normalized spacial score (nSPS) is 16.5. The van der Waals surface area contributed by atoms with Crippen LogP contribution in [0.25, 0.3) is 0 Å². The van der Waals surface area contributed by atoms with E-state index in [1.54, 1.807) is 25.6 Å². The van der Waals surface area contributed by atoms with E-state index >= 15 is 0 Å². The average molecular weight is 530 g/mol. The molecule has 0 spiro atoms. The summed E-state index contributed by atoms with van der Waals surface area (Å²) < 4.78 is 10.9. The highest BCUT2D eigenvalue weighted by atomic mass is 127. The van der Waals surface area contributed by atoms with E-state index in [1.807, 2.05) is 6.07 Å². The van der Waals surface area contributed by atoms with Gasteiger partial charge in [0.2, 0.25) is 0 Å². The van der Waals surface area contributed by atoms with E-state index in [0.717, 1.165) is 55.6 Å². The first-order valence-corrected chi connectivity index (χ1v) is 10.7. The Hall–Kier alpha value is -1.55. The molecule has 1 atom stereocenters. The molecule has 160 valence electrons. The van der Waals surface area contributed by atoms with E-state index < -0.39 is 0 Å². The van der Waals surface area contributed by atoms with Gasteiger partial charge in [0.1, 0.15) is 11.5 Å². The number of aliphatic imine (C=N–C) groups is 1. The lowest BCUT2D eigenvalue weighted by molar-refractivity contribution is 0.392. The van der Waals surface area contributed by atoms with Gasteiger partial charge in [0.15, 0.2) is 5.96 Å². The first-order chi connectivity index (χ1) is 13.7. The second-order valence-corrected chi connectivity index (χ2v) is 7.78. The summed E-state index contributed by atoms with van der Waals surface area (Å²) in [4.78, 5) is 11.8. The molecule has 1 aromatic heterocycles. The molecule has 0 amide bonds. The van der Waals surface area contributed by atoms with Gasteiger partial charge in [-0.25, -0.2) is 9.98 Å². The van der Waals surface area contributed by atoms with Crippen molar-refractivity contribution in [3.05, 3.63) is 39.8 Å². The zero-order chi connectivity index (χ0) is 19.9. The molecule has 2 aromatic rings. The number of benzene rings is 1. The van der Waals surface area contributed by atoms with E-state index in [4.69, 9.17) is 14.5 Å². The number of nitrogens with one attached hydrogen (secondary N) is 1. The summed E-state index contributed by atoms with van der Waals surface area (Å²) >= 11 is 1.71. The fourth-order valence-corrected chi connectivity index (χ4v) is 4.19. The second-order valence-electron chi connectivity index (χ2n) is 6.83. The molecule has 0 bridgehead atoms. The molecule has 8 heteroatoms. The van der Waals surface area contributed by atoms with Crippen molar-refractivity contribution in [2.75, 3.05) is 33.9 Å². The lowest BCUT2D eigenvalue weighted by Crippen LogP contribution is -2.40. The average Bonchev–Trinajstić information content (AvgIpc) is 3.40. The minimum atomic E-state index is 0. The van der Waals surface area contributed by atoms with Crippen LogP contribution in [0.2, 0.25) is 0 Å². The third-order valence-electron chi connectivity index (χ3n) is 4.96. The SMILES string of the molecule is CCNC(=NCc1csc(CC)n1)N1CCC(c2cc(OC)cc(OC)c2)C1.I. The van der Waals surface area contributed by atoms with Crippen LogP contribution >= 0.6 is 35.3 Å². The molecule has 1 aliphatic heterocycles. The molecule has 0 aliphatic carbocycles. The third-order valence-corrected chi connectivity index (χ3v) is 6.00. The summed E-state index contributed by atoms with van der Waals surface area (Å²) in [5, 5.41) is 6.72. The van der Waals surface area contributed by atoms with Crippen LogP contribution < -0.4 is 14.8 Å². The molecule has 0 saturated carbocycles. The fourth-order valence-electron chi connectivity index (χ4n) is 3.46. The number of likely N-dealkylation sites (tertiary alicyclic amines) is 1. The number of aromatic nitrogens is 1. The van der Waals surface area contributed by atoms with Crippen molar-refractivity contribution >= 4 is 41.3 Å². The van der Waals surface area contributed by atoms with Crippen LogP contribution in [0, 0.1) is 0 Å². The minimum Gasteiger partial charge on any atom is -0.497 e. The van der Waals surface area contributed by atoms with Crippen molar-refractivity contribution in [2.24, 2.45) is 4.99 Å². The number of rotatable bonds is 7. The van der Waals surface area contributed by atoms with Crippen LogP contribution in [0.3, 0.4) is 0 Å². The highest BCUT2D eigenvalue weighted by Gasteiger charge is 2.27. The molecule has 1 aliphatic rings. The number of thiazole rings is 1. The minimum absolute atomic E-state index is 0. The zero-order valence-corrected chi connectivity index (χ0v) is 20.8. The molecule has 1 saturated heterocycles. The molecule has 1 aromatic carbocycles. The van der Waals surface area contributed by atoms with E-state index in [9.17, 15) is 0 Å². The smallest absolute Gasteiger partial charge is 0.194 e. The summed E-state index contributed by atoms with van der Waals surface area (Å²) in [6, 6.07) is 6.14. The Bertz CT molecular complexity index is 789. The number of aryl methyl sites for hydroxylation is 1. The fraction of sp³-hybridized carbons (Fsp3) is 0.524. The van der Waals surface area contributed by atoms with Gasteiger partial charge in [0.25, 0.3) is 0 Å². The van der Waals surface area contributed by atoms with Gasteiger partial charge in [0, 0.05) is 37.0 Å². The molecular weight excluding hydrogens is 499 g/mol. The van der Waals surface area contributed by atoms with Crippen LogP contribution in [0.1, 0.15) is 42.5 Å². The van der Waals surface area contributed by atoms with Gasteiger partial charge in [0.05, 0.1) is 31.5 Å². The summed E-state index contributed by atoms with van der Waals surface area (Å²) in [6.07, 6.45) is 2.06. The molecule has 29 heavy (non-hydrogen) atoms. The number of guanidine groups is 1. The van der Waals surface area contributed by atoms with E-state index in [2.05, 4.69) is 46.6 Å². The first kappa shape index (κ1) is 23.7. The quantitative estimate of drug-likeness (QED) is 0.329. The van der Waals surface area contributed by atoms with Crippen LogP contribution in [-0.4, -0.2) is 49.7 Å². The summed E-state index contributed by atoms with van der Waals surface area (Å²) in [5.74, 6) is 3.07. The molecule has 3 rings (SSSR count). The number of hydrogen-bond acceptors (Lipinski definition) is 5. The van der Waals surface area contributed by atoms with Crippen LogP contribution in [-0.2, 0) is 13.0 Å². The largest absolute Gasteiger partial charge is 0.497 e.